The molecule has 2 heterocycles. The standard InChI is InChI=1S/C13H19N3O/c1-13(2,14)8-12(17)16-7-5-11-10(9-16)4-3-6-15-11/h3-4,6H,5,7-9,14H2,1-2H3. The summed E-state index contributed by atoms with van der Waals surface area (Å²) in [5, 5.41) is 0. The van der Waals surface area contributed by atoms with Crippen LogP contribution in [0.15, 0.2) is 18.3 Å². The third-order valence-electron chi connectivity index (χ3n) is 2.92. The predicted octanol–water partition coefficient (Wildman–Crippen LogP) is 1.09. The van der Waals surface area contributed by atoms with Crippen molar-refractivity contribution < 1.29 is 4.79 Å². The third-order valence-corrected chi connectivity index (χ3v) is 2.92. The first-order valence-corrected chi connectivity index (χ1v) is 5.95. The molecule has 2 rings (SSSR count). The van der Waals surface area contributed by atoms with Crippen LogP contribution in [0.25, 0.3) is 0 Å². The molecule has 0 saturated heterocycles. The third kappa shape index (κ3) is 3.03. The first kappa shape index (κ1) is 12.0. The van der Waals surface area contributed by atoms with Crippen molar-refractivity contribution in [3.8, 4) is 0 Å². The first-order valence-electron chi connectivity index (χ1n) is 5.95. The second-order valence-corrected chi connectivity index (χ2v) is 5.34. The number of hydrogen-bond acceptors (Lipinski definition) is 3. The molecule has 4 nitrogen and oxygen atoms in total. The second kappa shape index (κ2) is 4.45. The van der Waals surface area contributed by atoms with Crippen molar-refractivity contribution in [3.63, 3.8) is 0 Å². The number of fused-ring (bicyclic) bond motifs is 1. The molecule has 1 amide bonds. The van der Waals surface area contributed by atoms with Gasteiger partial charge in [-0.15, -0.1) is 0 Å². The average molecular weight is 233 g/mol. The molecule has 1 aromatic rings. The summed E-state index contributed by atoms with van der Waals surface area (Å²) < 4.78 is 0. The van der Waals surface area contributed by atoms with E-state index in [1.165, 1.54) is 0 Å². The monoisotopic (exact) mass is 233 g/mol. The van der Waals surface area contributed by atoms with E-state index in [1.54, 1.807) is 6.20 Å². The van der Waals surface area contributed by atoms with E-state index < -0.39 is 5.54 Å². The second-order valence-electron chi connectivity index (χ2n) is 5.34. The highest BCUT2D eigenvalue weighted by Gasteiger charge is 2.24. The summed E-state index contributed by atoms with van der Waals surface area (Å²) in [6, 6.07) is 3.95. The Labute approximate surface area is 102 Å². The maximum absolute atomic E-state index is 12.0. The highest BCUT2D eigenvalue weighted by atomic mass is 16.2. The smallest absolute Gasteiger partial charge is 0.224 e. The van der Waals surface area contributed by atoms with Gasteiger partial charge in [-0.2, -0.15) is 0 Å². The minimum absolute atomic E-state index is 0.131. The summed E-state index contributed by atoms with van der Waals surface area (Å²) in [5.74, 6) is 0.131. The summed E-state index contributed by atoms with van der Waals surface area (Å²) >= 11 is 0. The van der Waals surface area contributed by atoms with Crippen LogP contribution in [0.1, 0.15) is 31.5 Å². The van der Waals surface area contributed by atoms with Crippen molar-refractivity contribution in [2.24, 2.45) is 5.73 Å². The van der Waals surface area contributed by atoms with E-state index in [0.717, 1.165) is 24.2 Å². The molecule has 1 aliphatic rings. The van der Waals surface area contributed by atoms with Crippen LogP contribution in [0.4, 0.5) is 0 Å². The maximum atomic E-state index is 12.0. The van der Waals surface area contributed by atoms with Gasteiger partial charge < -0.3 is 10.6 Å². The number of nitrogens with two attached hydrogens (primary N) is 1. The van der Waals surface area contributed by atoms with E-state index in [-0.39, 0.29) is 5.91 Å². The number of carbonyl (C=O) groups excluding carboxylic acids is 1. The number of amides is 1. The molecule has 17 heavy (non-hydrogen) atoms. The molecule has 2 N–H and O–H groups in total. The summed E-state index contributed by atoms with van der Waals surface area (Å²) in [5.41, 5.74) is 7.71. The van der Waals surface area contributed by atoms with Crippen molar-refractivity contribution in [1.82, 2.24) is 9.88 Å². The van der Waals surface area contributed by atoms with Gasteiger partial charge in [0.1, 0.15) is 0 Å². The number of carbonyl (C=O) groups is 1. The van der Waals surface area contributed by atoms with E-state index in [2.05, 4.69) is 4.98 Å². The zero-order valence-corrected chi connectivity index (χ0v) is 10.4. The van der Waals surface area contributed by atoms with Gasteiger partial charge in [0.05, 0.1) is 0 Å². The molecule has 0 aromatic carbocycles. The number of nitrogens with zero attached hydrogens (tertiary/aromatic N) is 2. The Morgan fingerprint density at radius 2 is 2.35 bits per heavy atom. The van der Waals surface area contributed by atoms with Crippen LogP contribution in [-0.2, 0) is 17.8 Å². The molecular formula is C13H19N3O. The summed E-state index contributed by atoms with van der Waals surface area (Å²) in [4.78, 5) is 18.2. The van der Waals surface area contributed by atoms with Gasteiger partial charge in [0.2, 0.25) is 5.91 Å². The average Bonchev–Trinajstić information content (AvgIpc) is 2.26. The van der Waals surface area contributed by atoms with Crippen molar-refractivity contribution in [2.75, 3.05) is 6.54 Å². The Balaban J connectivity index is 2.05. The lowest BCUT2D eigenvalue weighted by Gasteiger charge is -2.30. The quantitative estimate of drug-likeness (QED) is 0.832. The zero-order chi connectivity index (χ0) is 12.5. The van der Waals surface area contributed by atoms with Gasteiger partial charge in [0.25, 0.3) is 0 Å². The molecule has 0 spiro atoms. The van der Waals surface area contributed by atoms with Gasteiger partial charge in [-0.25, -0.2) is 0 Å². The first-order chi connectivity index (χ1) is 7.96. The number of pyridine rings is 1. The lowest BCUT2D eigenvalue weighted by molar-refractivity contribution is -0.133. The predicted molar refractivity (Wildman–Crippen MR) is 66.2 cm³/mol. The molecule has 4 heteroatoms. The van der Waals surface area contributed by atoms with Crippen LogP contribution in [0, 0.1) is 0 Å². The molecule has 1 aliphatic heterocycles. The molecule has 0 saturated carbocycles. The van der Waals surface area contributed by atoms with Gasteiger partial charge in [0, 0.05) is 43.4 Å². The number of aromatic nitrogens is 1. The van der Waals surface area contributed by atoms with E-state index >= 15 is 0 Å². The number of rotatable bonds is 2. The van der Waals surface area contributed by atoms with Crippen LogP contribution >= 0.6 is 0 Å². The van der Waals surface area contributed by atoms with Crippen molar-refractivity contribution in [2.45, 2.75) is 38.8 Å². The fourth-order valence-corrected chi connectivity index (χ4v) is 2.08. The molecule has 0 bridgehead atoms. The fraction of sp³-hybridized carbons (Fsp3) is 0.538. The molecule has 0 unspecified atom stereocenters. The van der Waals surface area contributed by atoms with Gasteiger partial charge in [0.15, 0.2) is 0 Å². The summed E-state index contributed by atoms with van der Waals surface area (Å²) in [6.45, 7) is 5.17. The van der Waals surface area contributed by atoms with Crippen LogP contribution in [0.5, 0.6) is 0 Å². The summed E-state index contributed by atoms with van der Waals surface area (Å²) in [7, 11) is 0. The minimum atomic E-state index is -0.438. The Bertz CT molecular complexity index is 423. The molecule has 0 atom stereocenters. The van der Waals surface area contributed by atoms with Crippen molar-refractivity contribution >= 4 is 5.91 Å². The Hall–Kier alpha value is -1.42. The topological polar surface area (TPSA) is 59.2 Å². The molecule has 1 aromatic heterocycles. The molecule has 0 aliphatic carbocycles. The SMILES string of the molecule is CC(C)(N)CC(=O)N1CCc2ncccc2C1. The van der Waals surface area contributed by atoms with Crippen LogP contribution in [0.2, 0.25) is 0 Å². The van der Waals surface area contributed by atoms with Gasteiger partial charge in [-0.3, -0.25) is 9.78 Å². The van der Waals surface area contributed by atoms with Gasteiger partial charge in [-0.1, -0.05) is 6.07 Å². The minimum Gasteiger partial charge on any atom is -0.338 e. The lowest BCUT2D eigenvalue weighted by Crippen LogP contribution is -2.43. The van der Waals surface area contributed by atoms with Crippen molar-refractivity contribution in [1.29, 1.82) is 0 Å². The fourth-order valence-electron chi connectivity index (χ4n) is 2.08. The highest BCUT2D eigenvalue weighted by molar-refractivity contribution is 5.77. The van der Waals surface area contributed by atoms with Crippen LogP contribution in [0.3, 0.4) is 0 Å². The van der Waals surface area contributed by atoms with E-state index in [4.69, 9.17) is 5.73 Å². The molecular weight excluding hydrogens is 214 g/mol. The molecule has 92 valence electrons. The zero-order valence-electron chi connectivity index (χ0n) is 10.4. The Morgan fingerprint density at radius 3 is 3.06 bits per heavy atom. The summed E-state index contributed by atoms with van der Waals surface area (Å²) in [6.07, 6.45) is 3.04. The van der Waals surface area contributed by atoms with Gasteiger partial charge >= 0.3 is 0 Å². The lowest BCUT2D eigenvalue weighted by atomic mass is 9.99. The van der Waals surface area contributed by atoms with Gasteiger partial charge in [-0.05, 0) is 25.5 Å². The van der Waals surface area contributed by atoms with E-state index in [1.807, 2.05) is 30.9 Å². The Kier molecular flexibility index (Phi) is 3.15. The van der Waals surface area contributed by atoms with Crippen LogP contribution in [-0.4, -0.2) is 27.9 Å². The van der Waals surface area contributed by atoms with E-state index in [0.29, 0.717) is 13.0 Å². The number of hydrogen-bond donors (Lipinski definition) is 1. The van der Waals surface area contributed by atoms with Crippen LogP contribution < -0.4 is 5.73 Å². The molecule has 0 radical (unpaired) electrons. The van der Waals surface area contributed by atoms with Crippen molar-refractivity contribution in [3.05, 3.63) is 29.6 Å². The molecule has 0 fully saturated rings. The highest BCUT2D eigenvalue weighted by Crippen LogP contribution is 2.18. The van der Waals surface area contributed by atoms with E-state index in [9.17, 15) is 4.79 Å². The largest absolute Gasteiger partial charge is 0.338 e. The normalized spacial score (nSPS) is 15.6. The Morgan fingerprint density at radius 1 is 1.59 bits per heavy atom. The maximum Gasteiger partial charge on any atom is 0.224 e.